The summed E-state index contributed by atoms with van der Waals surface area (Å²) >= 11 is 1.34. The van der Waals surface area contributed by atoms with E-state index in [0.29, 0.717) is 28.7 Å². The molecule has 2 aromatic carbocycles. The number of ketones is 1. The maximum absolute atomic E-state index is 13.4. The molecule has 1 aliphatic heterocycles. The molecule has 1 atom stereocenters. The molecule has 176 valence electrons. The van der Waals surface area contributed by atoms with Crippen molar-refractivity contribution in [3.05, 3.63) is 88.8 Å². The number of rotatable bonds is 5. The quantitative estimate of drug-likeness (QED) is 0.233. The molecule has 0 saturated carbocycles. The minimum Gasteiger partial charge on any atom is -0.507 e. The number of anilines is 1. The molecule has 1 amide bonds. The van der Waals surface area contributed by atoms with Gasteiger partial charge >= 0.3 is 5.91 Å². The Labute approximate surface area is 206 Å². The van der Waals surface area contributed by atoms with Crippen LogP contribution >= 0.6 is 11.3 Å². The number of aliphatic hydroxyl groups is 1. The number of thiazole rings is 1. The number of carbonyl (C=O) groups excluding carboxylic acids is 2. The molecular formula is C27H23N3O4S. The third-order valence-corrected chi connectivity index (χ3v) is 6.88. The zero-order valence-corrected chi connectivity index (χ0v) is 20.3. The molecule has 0 spiro atoms. The van der Waals surface area contributed by atoms with Gasteiger partial charge < -0.3 is 9.84 Å². The zero-order valence-electron chi connectivity index (χ0n) is 19.5. The molecule has 5 rings (SSSR count). The van der Waals surface area contributed by atoms with Crippen LogP contribution in [0.5, 0.6) is 5.75 Å². The van der Waals surface area contributed by atoms with Crippen LogP contribution in [0.2, 0.25) is 0 Å². The summed E-state index contributed by atoms with van der Waals surface area (Å²) in [4.78, 5) is 37.2. The number of Topliss-reactive ketones (excluding diaryl/α,β-unsaturated/α-hetero) is 1. The van der Waals surface area contributed by atoms with E-state index in [1.54, 1.807) is 48.7 Å². The molecule has 1 fully saturated rings. The van der Waals surface area contributed by atoms with Crippen molar-refractivity contribution in [3.8, 4) is 5.75 Å². The number of aliphatic hydroxyl groups excluding tert-OH is 1. The van der Waals surface area contributed by atoms with Gasteiger partial charge in [0.05, 0.1) is 28.1 Å². The van der Waals surface area contributed by atoms with E-state index in [0.717, 1.165) is 21.3 Å². The van der Waals surface area contributed by atoms with E-state index in [4.69, 9.17) is 9.72 Å². The number of carbonyl (C=O) groups is 2. The van der Waals surface area contributed by atoms with Crippen LogP contribution in [-0.2, 0) is 9.59 Å². The highest BCUT2D eigenvalue weighted by molar-refractivity contribution is 7.22. The SMILES string of the molecule is CCOc1ccc(/C(O)=C2\C(=O)C(=O)N(c3nc4c(C)cc(C)cc4s3)C2c2ccccn2)cc1. The molecule has 1 aliphatic rings. The number of hydrogen-bond donors (Lipinski definition) is 1. The van der Waals surface area contributed by atoms with Gasteiger partial charge in [0.2, 0.25) is 0 Å². The largest absolute Gasteiger partial charge is 0.507 e. The lowest BCUT2D eigenvalue weighted by atomic mass is 9.98. The number of benzene rings is 2. The Hall–Kier alpha value is -4.04. The van der Waals surface area contributed by atoms with E-state index in [-0.39, 0.29) is 11.3 Å². The van der Waals surface area contributed by atoms with Crippen LogP contribution in [-0.4, -0.2) is 33.4 Å². The van der Waals surface area contributed by atoms with E-state index < -0.39 is 17.7 Å². The molecule has 4 aromatic rings. The predicted octanol–water partition coefficient (Wildman–Crippen LogP) is 5.33. The number of ether oxygens (including phenoxy) is 1. The summed E-state index contributed by atoms with van der Waals surface area (Å²) in [5.41, 5.74) is 3.70. The van der Waals surface area contributed by atoms with E-state index >= 15 is 0 Å². The van der Waals surface area contributed by atoms with E-state index in [9.17, 15) is 14.7 Å². The Morgan fingerprint density at radius 1 is 1.11 bits per heavy atom. The van der Waals surface area contributed by atoms with Gasteiger partial charge in [-0.25, -0.2) is 4.98 Å². The first kappa shape index (κ1) is 22.7. The van der Waals surface area contributed by atoms with Crippen LogP contribution in [0.25, 0.3) is 16.0 Å². The van der Waals surface area contributed by atoms with E-state index in [1.165, 1.54) is 16.2 Å². The summed E-state index contributed by atoms with van der Waals surface area (Å²) in [6, 6.07) is 15.1. The number of fused-ring (bicyclic) bond motifs is 1. The lowest BCUT2D eigenvalue weighted by Crippen LogP contribution is -2.29. The molecular weight excluding hydrogens is 462 g/mol. The monoisotopic (exact) mass is 485 g/mol. The van der Waals surface area contributed by atoms with Crippen LogP contribution in [0.15, 0.2) is 66.4 Å². The van der Waals surface area contributed by atoms with Crippen molar-refractivity contribution < 1.29 is 19.4 Å². The van der Waals surface area contributed by atoms with Gasteiger partial charge in [-0.3, -0.25) is 19.5 Å². The minimum atomic E-state index is -0.912. The molecule has 2 aromatic heterocycles. The van der Waals surface area contributed by atoms with Gasteiger partial charge in [0.15, 0.2) is 5.13 Å². The van der Waals surface area contributed by atoms with Crippen molar-refractivity contribution in [2.45, 2.75) is 26.8 Å². The Balaban J connectivity index is 1.68. The van der Waals surface area contributed by atoms with Crippen molar-refractivity contribution in [2.24, 2.45) is 0 Å². The smallest absolute Gasteiger partial charge is 0.301 e. The highest BCUT2D eigenvalue weighted by Gasteiger charge is 2.48. The van der Waals surface area contributed by atoms with Crippen molar-refractivity contribution in [1.82, 2.24) is 9.97 Å². The van der Waals surface area contributed by atoms with Crippen LogP contribution in [0.3, 0.4) is 0 Å². The topological polar surface area (TPSA) is 92.6 Å². The van der Waals surface area contributed by atoms with Gasteiger partial charge in [0.25, 0.3) is 5.78 Å². The predicted molar refractivity (Wildman–Crippen MR) is 136 cm³/mol. The number of aryl methyl sites for hydroxylation is 2. The van der Waals surface area contributed by atoms with Crippen molar-refractivity contribution >= 4 is 44.1 Å². The second-order valence-corrected chi connectivity index (χ2v) is 9.32. The van der Waals surface area contributed by atoms with Crippen molar-refractivity contribution in [3.63, 3.8) is 0 Å². The zero-order chi connectivity index (χ0) is 24.7. The standard InChI is InChI=1S/C27H23N3O4S/c1-4-34-18-10-8-17(9-11-18)24(31)21-23(19-7-5-6-12-28-19)30(26(33)25(21)32)27-29-22-16(3)13-15(2)14-20(22)35-27/h5-14,23,31H,4H2,1-3H3/b24-21+. The van der Waals surface area contributed by atoms with Gasteiger partial charge in [-0.05, 0) is 74.4 Å². The van der Waals surface area contributed by atoms with Gasteiger partial charge in [0, 0.05) is 11.8 Å². The molecule has 8 heteroatoms. The minimum absolute atomic E-state index is 0.0231. The normalized spacial score (nSPS) is 17.3. The molecule has 1 N–H and O–H groups in total. The third kappa shape index (κ3) is 3.95. The second-order valence-electron chi connectivity index (χ2n) is 8.31. The average Bonchev–Trinajstić information content (AvgIpc) is 3.38. The van der Waals surface area contributed by atoms with Crippen molar-refractivity contribution in [1.29, 1.82) is 0 Å². The average molecular weight is 486 g/mol. The second kappa shape index (κ2) is 8.96. The molecule has 7 nitrogen and oxygen atoms in total. The molecule has 0 radical (unpaired) electrons. The van der Waals surface area contributed by atoms with E-state index in [2.05, 4.69) is 4.98 Å². The molecule has 0 aliphatic carbocycles. The summed E-state index contributed by atoms with van der Waals surface area (Å²) < 4.78 is 6.39. The van der Waals surface area contributed by atoms with Gasteiger partial charge in [-0.1, -0.05) is 23.5 Å². The fourth-order valence-corrected chi connectivity index (χ4v) is 5.51. The lowest BCUT2D eigenvalue weighted by Gasteiger charge is -2.22. The first-order valence-corrected chi connectivity index (χ1v) is 12.0. The summed E-state index contributed by atoms with van der Waals surface area (Å²) in [5, 5.41) is 11.6. The van der Waals surface area contributed by atoms with Crippen LogP contribution < -0.4 is 9.64 Å². The summed E-state index contributed by atoms with van der Waals surface area (Å²) in [6.45, 7) is 6.36. The number of nitrogens with zero attached hydrogens (tertiary/aromatic N) is 3. The molecule has 1 unspecified atom stereocenters. The van der Waals surface area contributed by atoms with Gasteiger partial charge in [-0.2, -0.15) is 0 Å². The maximum Gasteiger partial charge on any atom is 0.301 e. The Morgan fingerprint density at radius 2 is 1.89 bits per heavy atom. The molecule has 35 heavy (non-hydrogen) atoms. The van der Waals surface area contributed by atoms with Crippen LogP contribution in [0.1, 0.15) is 35.3 Å². The molecule has 3 heterocycles. The molecule has 0 bridgehead atoms. The summed E-state index contributed by atoms with van der Waals surface area (Å²) in [5.74, 6) is -1.15. The number of amides is 1. The highest BCUT2D eigenvalue weighted by Crippen LogP contribution is 2.44. The van der Waals surface area contributed by atoms with Crippen LogP contribution in [0, 0.1) is 13.8 Å². The summed E-state index contributed by atoms with van der Waals surface area (Å²) in [7, 11) is 0. The fraction of sp³-hybridized carbons (Fsp3) is 0.185. The highest BCUT2D eigenvalue weighted by atomic mass is 32.1. The number of hydrogen-bond acceptors (Lipinski definition) is 7. The van der Waals surface area contributed by atoms with Gasteiger partial charge in [0.1, 0.15) is 17.6 Å². The van der Waals surface area contributed by atoms with Gasteiger partial charge in [-0.15, -0.1) is 0 Å². The Morgan fingerprint density at radius 3 is 2.57 bits per heavy atom. The Bertz CT molecular complexity index is 1480. The maximum atomic E-state index is 13.4. The summed E-state index contributed by atoms with van der Waals surface area (Å²) in [6.07, 6.45) is 1.60. The first-order valence-electron chi connectivity index (χ1n) is 11.2. The lowest BCUT2D eigenvalue weighted by molar-refractivity contribution is -0.132. The number of pyridine rings is 1. The number of aromatic nitrogens is 2. The van der Waals surface area contributed by atoms with E-state index in [1.807, 2.05) is 32.9 Å². The third-order valence-electron chi connectivity index (χ3n) is 5.88. The fourth-order valence-electron chi connectivity index (χ4n) is 4.34. The van der Waals surface area contributed by atoms with Crippen LogP contribution in [0.4, 0.5) is 5.13 Å². The Kier molecular flexibility index (Phi) is 5.82. The first-order chi connectivity index (χ1) is 16.9. The molecule has 1 saturated heterocycles. The van der Waals surface area contributed by atoms with Crippen molar-refractivity contribution in [2.75, 3.05) is 11.5 Å².